The van der Waals surface area contributed by atoms with Gasteiger partial charge in [-0.25, -0.2) is 0 Å². The first-order chi connectivity index (χ1) is 8.13. The largest absolute Gasteiger partial charge is 0.392 e. The molecule has 100 valence electrons. The highest BCUT2D eigenvalue weighted by atomic mass is 16.5. The maximum absolute atomic E-state index is 10.2. The van der Waals surface area contributed by atoms with Crippen LogP contribution in [-0.4, -0.2) is 48.0 Å². The fraction of sp³-hybridized carbons (Fsp3) is 1.00. The van der Waals surface area contributed by atoms with E-state index in [-0.39, 0.29) is 6.10 Å². The van der Waals surface area contributed by atoms with E-state index >= 15 is 0 Å². The van der Waals surface area contributed by atoms with Crippen molar-refractivity contribution in [3.63, 3.8) is 0 Å². The summed E-state index contributed by atoms with van der Waals surface area (Å²) in [5, 5.41) is 10.2. The highest BCUT2D eigenvalue weighted by Crippen LogP contribution is 2.28. The Bertz CT molecular complexity index is 218. The van der Waals surface area contributed by atoms with Crippen LogP contribution in [-0.2, 0) is 4.74 Å². The molecule has 0 aromatic rings. The van der Waals surface area contributed by atoms with Gasteiger partial charge in [0.2, 0.25) is 0 Å². The molecule has 1 saturated carbocycles. The highest BCUT2D eigenvalue weighted by Gasteiger charge is 2.25. The van der Waals surface area contributed by atoms with Crippen LogP contribution in [0.4, 0.5) is 0 Å². The van der Waals surface area contributed by atoms with Crippen LogP contribution >= 0.6 is 0 Å². The Kier molecular flexibility index (Phi) is 4.83. The summed E-state index contributed by atoms with van der Waals surface area (Å²) in [4.78, 5) is 2.36. The number of aliphatic hydroxyl groups excluding tert-OH is 1. The molecule has 1 aliphatic heterocycles. The van der Waals surface area contributed by atoms with Crippen LogP contribution in [0.5, 0.6) is 0 Å². The molecule has 1 saturated heterocycles. The van der Waals surface area contributed by atoms with Crippen LogP contribution in [0.1, 0.15) is 46.0 Å². The molecule has 2 rings (SSSR count). The molecule has 3 nitrogen and oxygen atoms in total. The van der Waals surface area contributed by atoms with Crippen LogP contribution in [0.15, 0.2) is 0 Å². The van der Waals surface area contributed by atoms with E-state index in [0.29, 0.717) is 12.2 Å². The van der Waals surface area contributed by atoms with E-state index in [9.17, 15) is 5.11 Å². The lowest BCUT2D eigenvalue weighted by molar-refractivity contribution is -0.0775. The molecule has 1 aliphatic carbocycles. The summed E-state index contributed by atoms with van der Waals surface area (Å²) in [6.07, 6.45) is 6.84. The van der Waals surface area contributed by atoms with E-state index in [1.165, 1.54) is 25.7 Å². The third kappa shape index (κ3) is 4.23. The van der Waals surface area contributed by atoms with Crippen molar-refractivity contribution in [2.75, 3.05) is 19.6 Å². The predicted molar refractivity (Wildman–Crippen MR) is 69.0 cm³/mol. The Labute approximate surface area is 105 Å². The smallest absolute Gasteiger partial charge is 0.0678 e. The lowest BCUT2D eigenvalue weighted by atomic mass is 9.99. The number of β-amino-alcohol motifs (C(OH)–C–C–N with tert-alkyl or cyclic N) is 1. The molecule has 3 heteroatoms. The van der Waals surface area contributed by atoms with E-state index in [1.54, 1.807) is 0 Å². The summed E-state index contributed by atoms with van der Waals surface area (Å²) in [6.45, 7) is 6.99. The number of aliphatic hydroxyl groups is 1. The van der Waals surface area contributed by atoms with Crippen LogP contribution in [0.2, 0.25) is 0 Å². The molecule has 0 radical (unpaired) electrons. The zero-order valence-corrected chi connectivity index (χ0v) is 11.3. The monoisotopic (exact) mass is 241 g/mol. The summed E-state index contributed by atoms with van der Waals surface area (Å²) in [5.74, 6) is 0.779. The van der Waals surface area contributed by atoms with Gasteiger partial charge < -0.3 is 9.84 Å². The van der Waals surface area contributed by atoms with Gasteiger partial charge in [-0.05, 0) is 26.2 Å². The lowest BCUT2D eigenvalue weighted by Crippen LogP contribution is -2.48. The Balaban J connectivity index is 1.71. The number of hydrogen-bond donors (Lipinski definition) is 1. The standard InChI is InChI=1S/C14H27NO2/c1-11-8-15(9-12(2)17-11)10-14(16)7-13-5-3-4-6-13/h11-14,16H,3-10H2,1-2H3. The molecule has 0 spiro atoms. The molecule has 2 aliphatic rings. The summed E-state index contributed by atoms with van der Waals surface area (Å²) in [5.41, 5.74) is 0. The second-order valence-electron chi connectivity index (χ2n) is 6.02. The minimum Gasteiger partial charge on any atom is -0.392 e. The SMILES string of the molecule is CC1CN(CC(O)CC2CCCC2)CC(C)O1. The second kappa shape index (κ2) is 6.17. The molecular weight excluding hydrogens is 214 g/mol. The van der Waals surface area contributed by atoms with E-state index in [2.05, 4.69) is 18.7 Å². The van der Waals surface area contributed by atoms with Crippen LogP contribution in [0.3, 0.4) is 0 Å². The minimum absolute atomic E-state index is 0.143. The van der Waals surface area contributed by atoms with Crippen molar-refractivity contribution >= 4 is 0 Å². The number of rotatable bonds is 4. The van der Waals surface area contributed by atoms with Gasteiger partial charge in [-0.2, -0.15) is 0 Å². The molecule has 2 fully saturated rings. The van der Waals surface area contributed by atoms with E-state index < -0.39 is 0 Å². The van der Waals surface area contributed by atoms with E-state index in [4.69, 9.17) is 4.74 Å². The number of hydrogen-bond acceptors (Lipinski definition) is 3. The third-order valence-corrected chi connectivity index (χ3v) is 4.04. The molecule has 17 heavy (non-hydrogen) atoms. The molecule has 0 amide bonds. The van der Waals surface area contributed by atoms with Crippen LogP contribution < -0.4 is 0 Å². The zero-order chi connectivity index (χ0) is 12.3. The number of morpholine rings is 1. The van der Waals surface area contributed by atoms with Crippen molar-refractivity contribution in [2.24, 2.45) is 5.92 Å². The van der Waals surface area contributed by atoms with Gasteiger partial charge in [-0.15, -0.1) is 0 Å². The Morgan fingerprint density at radius 3 is 2.35 bits per heavy atom. The van der Waals surface area contributed by atoms with Crippen molar-refractivity contribution in [3.8, 4) is 0 Å². The molecule has 1 N–H and O–H groups in total. The normalized spacial score (nSPS) is 34.1. The first kappa shape index (κ1) is 13.3. The molecule has 0 bridgehead atoms. The first-order valence-electron chi connectivity index (χ1n) is 7.19. The molecule has 0 aromatic heterocycles. The van der Waals surface area contributed by atoms with Crippen molar-refractivity contribution in [1.29, 1.82) is 0 Å². The van der Waals surface area contributed by atoms with Crippen molar-refractivity contribution in [3.05, 3.63) is 0 Å². The van der Waals surface area contributed by atoms with Crippen LogP contribution in [0.25, 0.3) is 0 Å². The summed E-state index contributed by atoms with van der Waals surface area (Å²) in [7, 11) is 0. The Morgan fingerprint density at radius 1 is 1.18 bits per heavy atom. The highest BCUT2D eigenvalue weighted by molar-refractivity contribution is 4.78. The van der Waals surface area contributed by atoms with Crippen molar-refractivity contribution < 1.29 is 9.84 Å². The second-order valence-corrected chi connectivity index (χ2v) is 6.02. The molecule has 0 aromatic carbocycles. The van der Waals surface area contributed by atoms with Crippen molar-refractivity contribution in [1.82, 2.24) is 4.90 Å². The molecule has 1 heterocycles. The van der Waals surface area contributed by atoms with E-state index in [1.807, 2.05) is 0 Å². The summed E-state index contributed by atoms with van der Waals surface area (Å²) >= 11 is 0. The fourth-order valence-electron chi connectivity index (χ4n) is 3.44. The average molecular weight is 241 g/mol. The summed E-state index contributed by atoms with van der Waals surface area (Å²) in [6, 6.07) is 0. The first-order valence-corrected chi connectivity index (χ1v) is 7.19. The predicted octanol–water partition coefficient (Wildman–Crippen LogP) is 2.04. The lowest BCUT2D eigenvalue weighted by Gasteiger charge is -2.36. The zero-order valence-electron chi connectivity index (χ0n) is 11.3. The van der Waals surface area contributed by atoms with E-state index in [0.717, 1.165) is 32.0 Å². The molecular formula is C14H27NO2. The van der Waals surface area contributed by atoms with Gasteiger partial charge in [0.1, 0.15) is 0 Å². The van der Waals surface area contributed by atoms with Gasteiger partial charge >= 0.3 is 0 Å². The van der Waals surface area contributed by atoms with Gasteiger partial charge in [0, 0.05) is 19.6 Å². The van der Waals surface area contributed by atoms with Gasteiger partial charge in [0.25, 0.3) is 0 Å². The number of nitrogens with zero attached hydrogens (tertiary/aromatic N) is 1. The third-order valence-electron chi connectivity index (χ3n) is 4.04. The van der Waals surface area contributed by atoms with Gasteiger partial charge in [0.15, 0.2) is 0 Å². The Morgan fingerprint density at radius 2 is 1.76 bits per heavy atom. The maximum Gasteiger partial charge on any atom is 0.0678 e. The topological polar surface area (TPSA) is 32.7 Å². The average Bonchev–Trinajstić information content (AvgIpc) is 2.67. The quantitative estimate of drug-likeness (QED) is 0.817. The summed E-state index contributed by atoms with van der Waals surface area (Å²) < 4.78 is 5.71. The van der Waals surface area contributed by atoms with Crippen LogP contribution in [0, 0.1) is 5.92 Å². The number of ether oxygens (including phenoxy) is 1. The van der Waals surface area contributed by atoms with Gasteiger partial charge in [0.05, 0.1) is 18.3 Å². The van der Waals surface area contributed by atoms with Gasteiger partial charge in [-0.1, -0.05) is 25.7 Å². The maximum atomic E-state index is 10.2. The minimum atomic E-state index is -0.143. The van der Waals surface area contributed by atoms with Crippen molar-refractivity contribution in [2.45, 2.75) is 64.3 Å². The van der Waals surface area contributed by atoms with Gasteiger partial charge in [-0.3, -0.25) is 4.90 Å². The Hall–Kier alpha value is -0.120. The molecule has 3 unspecified atom stereocenters. The molecule has 3 atom stereocenters. The fourth-order valence-corrected chi connectivity index (χ4v) is 3.44.